The van der Waals surface area contributed by atoms with Crippen molar-refractivity contribution < 1.29 is 24.4 Å². The van der Waals surface area contributed by atoms with Crippen LogP contribution in [0.5, 0.6) is 0 Å². The summed E-state index contributed by atoms with van der Waals surface area (Å²) in [6.07, 6.45) is 2.99. The fraction of sp³-hybridized carbons (Fsp3) is 0.933. The number of hydrogen-bond acceptors (Lipinski definition) is 5. The van der Waals surface area contributed by atoms with Crippen molar-refractivity contribution in [1.82, 2.24) is 0 Å². The van der Waals surface area contributed by atoms with Crippen molar-refractivity contribution in [2.24, 2.45) is 23.7 Å². The van der Waals surface area contributed by atoms with E-state index in [9.17, 15) is 10.1 Å². The molecule has 120 valence electrons. The molecule has 2 saturated heterocycles. The Bertz CT molecular complexity index is 444. The Labute approximate surface area is 138 Å². The second kappa shape index (κ2) is 5.32. The number of halogens is 1. The molecule has 6 heteroatoms. The van der Waals surface area contributed by atoms with Crippen LogP contribution in [0.3, 0.4) is 0 Å². The lowest BCUT2D eigenvalue weighted by Gasteiger charge is -2.54. The Morgan fingerprint density at radius 1 is 1.29 bits per heavy atom. The molecular formula is C15H23IO5. The van der Waals surface area contributed by atoms with Crippen molar-refractivity contribution in [2.45, 2.75) is 62.0 Å². The first-order valence-corrected chi connectivity index (χ1v) is 8.79. The number of carbonyl (C=O) groups excluding carboxylic acids is 1. The molecule has 0 bridgehead atoms. The van der Waals surface area contributed by atoms with E-state index in [-0.39, 0.29) is 21.2 Å². The van der Waals surface area contributed by atoms with E-state index in [0.29, 0.717) is 18.3 Å². The van der Waals surface area contributed by atoms with Crippen molar-refractivity contribution in [1.29, 1.82) is 0 Å². The second-order valence-corrected chi connectivity index (χ2v) is 8.90. The number of hydrogen-bond donors (Lipinski definition) is 1. The molecule has 1 N–H and O–H groups in total. The number of carbonyl (C=O) groups is 1. The molecule has 0 aromatic rings. The standard InChI is InChI=1S/C15H23IO5/c1-8-4-5-11-9(2)12(17)19-13-15(11,16)10(8)6-7-14(3,20-13)21-18/h8-11,13,18H,4-7H2,1-3H3/t8-,9-,10+,11+,13-,14+,15?/m1/s1. The summed E-state index contributed by atoms with van der Waals surface area (Å²) >= 11 is 2.47. The first-order chi connectivity index (χ1) is 9.82. The van der Waals surface area contributed by atoms with Gasteiger partial charge in [0.1, 0.15) is 0 Å². The topological polar surface area (TPSA) is 65.0 Å². The molecule has 0 aromatic carbocycles. The highest BCUT2D eigenvalue weighted by molar-refractivity contribution is 14.1. The molecule has 3 rings (SSSR count). The predicted molar refractivity (Wildman–Crippen MR) is 83.6 cm³/mol. The molecule has 0 amide bonds. The minimum atomic E-state index is -1.11. The molecule has 21 heavy (non-hydrogen) atoms. The average molecular weight is 410 g/mol. The van der Waals surface area contributed by atoms with Gasteiger partial charge in [-0.05, 0) is 37.5 Å². The largest absolute Gasteiger partial charge is 0.434 e. The molecule has 3 fully saturated rings. The van der Waals surface area contributed by atoms with Crippen molar-refractivity contribution >= 4 is 28.6 Å². The lowest BCUT2D eigenvalue weighted by Crippen LogP contribution is -2.62. The Morgan fingerprint density at radius 2 is 2.00 bits per heavy atom. The van der Waals surface area contributed by atoms with Gasteiger partial charge < -0.3 is 9.47 Å². The third-order valence-electron chi connectivity index (χ3n) is 5.78. The fourth-order valence-electron chi connectivity index (χ4n) is 4.42. The van der Waals surface area contributed by atoms with Crippen LogP contribution in [0.25, 0.3) is 0 Å². The first-order valence-electron chi connectivity index (χ1n) is 7.71. The molecule has 0 spiro atoms. The van der Waals surface area contributed by atoms with Gasteiger partial charge in [-0.3, -0.25) is 4.79 Å². The number of esters is 1. The molecule has 5 nitrogen and oxygen atoms in total. The Hall–Kier alpha value is 0.0800. The molecule has 0 aromatic heterocycles. The molecule has 2 heterocycles. The quantitative estimate of drug-likeness (QED) is 0.236. The van der Waals surface area contributed by atoms with Crippen molar-refractivity contribution in [3.8, 4) is 0 Å². The average Bonchev–Trinajstić information content (AvgIpc) is 2.55. The van der Waals surface area contributed by atoms with Gasteiger partial charge in [-0.2, -0.15) is 0 Å². The Kier molecular flexibility index (Phi) is 4.04. The van der Waals surface area contributed by atoms with Gasteiger partial charge in [0.2, 0.25) is 12.1 Å². The van der Waals surface area contributed by atoms with Crippen LogP contribution in [0, 0.1) is 23.7 Å². The Balaban J connectivity index is 2.03. The maximum Gasteiger partial charge on any atom is 0.311 e. The van der Waals surface area contributed by atoms with E-state index in [0.717, 1.165) is 19.3 Å². The molecule has 2 aliphatic heterocycles. The van der Waals surface area contributed by atoms with E-state index in [2.05, 4.69) is 34.4 Å². The third-order valence-corrected chi connectivity index (χ3v) is 7.88. The van der Waals surface area contributed by atoms with Crippen LogP contribution in [0.15, 0.2) is 0 Å². The summed E-state index contributed by atoms with van der Waals surface area (Å²) in [6, 6.07) is 0. The van der Waals surface area contributed by atoms with Gasteiger partial charge in [0.25, 0.3) is 0 Å². The molecule has 1 aliphatic carbocycles. The zero-order valence-corrected chi connectivity index (χ0v) is 14.8. The Morgan fingerprint density at radius 3 is 2.67 bits per heavy atom. The van der Waals surface area contributed by atoms with E-state index < -0.39 is 12.1 Å². The summed E-state index contributed by atoms with van der Waals surface area (Å²) in [6.45, 7) is 5.93. The van der Waals surface area contributed by atoms with Crippen molar-refractivity contribution in [3.63, 3.8) is 0 Å². The van der Waals surface area contributed by atoms with E-state index >= 15 is 0 Å². The summed E-state index contributed by atoms with van der Waals surface area (Å²) in [5.74, 6) is -0.204. The van der Waals surface area contributed by atoms with Crippen LogP contribution in [0.1, 0.15) is 46.5 Å². The molecule has 0 radical (unpaired) electrons. The van der Waals surface area contributed by atoms with Crippen LogP contribution < -0.4 is 0 Å². The van der Waals surface area contributed by atoms with Gasteiger partial charge in [0.15, 0.2) is 0 Å². The third kappa shape index (κ3) is 2.33. The van der Waals surface area contributed by atoms with E-state index in [1.165, 1.54) is 0 Å². The summed E-state index contributed by atoms with van der Waals surface area (Å²) in [5, 5.41) is 9.21. The van der Waals surface area contributed by atoms with Crippen LogP contribution in [0.4, 0.5) is 0 Å². The highest BCUT2D eigenvalue weighted by Gasteiger charge is 2.63. The molecule has 3 aliphatic rings. The van der Waals surface area contributed by atoms with Gasteiger partial charge in [-0.25, -0.2) is 10.1 Å². The monoisotopic (exact) mass is 410 g/mol. The zero-order chi connectivity index (χ0) is 15.4. The predicted octanol–water partition coefficient (Wildman–Crippen LogP) is 3.36. The lowest BCUT2D eigenvalue weighted by molar-refractivity contribution is -0.423. The highest BCUT2D eigenvalue weighted by Crippen LogP contribution is 2.59. The number of rotatable bonds is 1. The smallest absolute Gasteiger partial charge is 0.311 e. The fourth-order valence-corrected chi connectivity index (χ4v) is 6.45. The summed E-state index contributed by atoms with van der Waals surface area (Å²) < 4.78 is 11.3. The van der Waals surface area contributed by atoms with Gasteiger partial charge in [-0.15, -0.1) is 0 Å². The zero-order valence-electron chi connectivity index (χ0n) is 12.7. The van der Waals surface area contributed by atoms with Crippen LogP contribution >= 0.6 is 22.6 Å². The van der Waals surface area contributed by atoms with E-state index in [4.69, 9.17) is 9.47 Å². The van der Waals surface area contributed by atoms with Crippen LogP contribution in [-0.2, 0) is 19.2 Å². The summed E-state index contributed by atoms with van der Waals surface area (Å²) in [5.41, 5.74) is 0. The molecular weight excluding hydrogens is 387 g/mol. The maximum absolute atomic E-state index is 12.2. The first kappa shape index (κ1) is 16.0. The van der Waals surface area contributed by atoms with Gasteiger partial charge in [-0.1, -0.05) is 42.9 Å². The number of ether oxygens (including phenoxy) is 2. The SMILES string of the molecule is C[C@@H]1CC[C@H]2[C@@H](C)C(=O)O[C@@H]3O[C@@](C)(OO)CC[C@@H]1C32I. The normalized spacial score (nSPS) is 53.6. The van der Waals surface area contributed by atoms with Crippen molar-refractivity contribution in [2.75, 3.05) is 0 Å². The van der Waals surface area contributed by atoms with Crippen LogP contribution in [-0.4, -0.2) is 26.7 Å². The summed E-state index contributed by atoms with van der Waals surface area (Å²) in [7, 11) is 0. The molecule has 1 saturated carbocycles. The maximum atomic E-state index is 12.2. The minimum absolute atomic E-state index is 0.101. The van der Waals surface area contributed by atoms with Crippen molar-refractivity contribution in [3.05, 3.63) is 0 Å². The van der Waals surface area contributed by atoms with Crippen LogP contribution in [0.2, 0.25) is 0 Å². The van der Waals surface area contributed by atoms with Gasteiger partial charge in [0.05, 0.1) is 9.34 Å². The van der Waals surface area contributed by atoms with Gasteiger partial charge in [0, 0.05) is 6.42 Å². The minimum Gasteiger partial charge on any atom is -0.434 e. The molecule has 7 atom stereocenters. The lowest BCUT2D eigenvalue weighted by atomic mass is 9.61. The molecule has 1 unspecified atom stereocenters. The number of alkyl halides is 1. The second-order valence-electron chi connectivity index (χ2n) is 7.03. The van der Waals surface area contributed by atoms with Gasteiger partial charge >= 0.3 is 5.97 Å². The van der Waals surface area contributed by atoms with E-state index in [1.807, 2.05) is 6.92 Å². The highest BCUT2D eigenvalue weighted by atomic mass is 127. The summed E-state index contributed by atoms with van der Waals surface area (Å²) in [4.78, 5) is 16.8. The van der Waals surface area contributed by atoms with E-state index in [1.54, 1.807) is 6.92 Å².